The number of esters is 1. The Kier molecular flexibility index (Phi) is 9.26. The summed E-state index contributed by atoms with van der Waals surface area (Å²) >= 11 is 0. The van der Waals surface area contributed by atoms with Crippen molar-refractivity contribution in [2.24, 2.45) is 5.92 Å². The second kappa shape index (κ2) is 13.4. The summed E-state index contributed by atoms with van der Waals surface area (Å²) in [5.41, 5.74) is 0.0715. The Morgan fingerprint density at radius 1 is 0.750 bits per heavy atom. The summed E-state index contributed by atoms with van der Waals surface area (Å²) in [6.07, 6.45) is 5.53. The first-order chi connectivity index (χ1) is 19.6. The van der Waals surface area contributed by atoms with Crippen molar-refractivity contribution in [2.75, 3.05) is 6.61 Å². The van der Waals surface area contributed by atoms with Gasteiger partial charge in [0.2, 0.25) is 0 Å². The predicted molar refractivity (Wildman–Crippen MR) is 161 cm³/mol. The molecule has 4 aromatic rings. The molecule has 4 heteroatoms. The zero-order valence-electron chi connectivity index (χ0n) is 22.9. The first-order valence-electron chi connectivity index (χ1n) is 14.0. The molecule has 0 spiro atoms. The van der Waals surface area contributed by atoms with E-state index in [9.17, 15) is 4.79 Å². The van der Waals surface area contributed by atoms with Gasteiger partial charge in [-0.2, -0.15) is 0 Å². The Hall–Kier alpha value is -3.94. The summed E-state index contributed by atoms with van der Waals surface area (Å²) in [5.74, 6) is 7.01. The molecule has 0 aliphatic heterocycles. The maximum absolute atomic E-state index is 13.0. The van der Waals surface area contributed by atoms with Crippen LogP contribution in [0.1, 0.15) is 44.6 Å². The Morgan fingerprint density at radius 2 is 1.27 bits per heavy atom. The Balaban J connectivity index is 1.27. The van der Waals surface area contributed by atoms with E-state index in [1.165, 1.54) is 21.1 Å². The Labute approximate surface area is 240 Å². The molecule has 0 N–H and O–H groups in total. The summed E-state index contributed by atoms with van der Waals surface area (Å²) in [6, 6.07) is 39.0. The highest BCUT2D eigenvalue weighted by atomic mass is 32.2. The van der Waals surface area contributed by atoms with Gasteiger partial charge in [0, 0.05) is 11.5 Å². The van der Waals surface area contributed by atoms with Crippen molar-refractivity contribution in [2.45, 2.75) is 59.3 Å². The third-order valence-corrected chi connectivity index (χ3v) is 9.54. The van der Waals surface area contributed by atoms with Crippen molar-refractivity contribution in [3.8, 4) is 17.6 Å². The lowest BCUT2D eigenvalue weighted by Crippen LogP contribution is -2.40. The zero-order valence-corrected chi connectivity index (χ0v) is 23.7. The van der Waals surface area contributed by atoms with Crippen LogP contribution in [-0.2, 0) is 20.4 Å². The molecule has 5 rings (SSSR count). The van der Waals surface area contributed by atoms with Crippen molar-refractivity contribution in [3.05, 3.63) is 121 Å². The maximum atomic E-state index is 13.0. The minimum absolute atomic E-state index is 0.155. The van der Waals surface area contributed by atoms with Crippen molar-refractivity contribution >= 4 is 16.9 Å². The van der Waals surface area contributed by atoms with Crippen LogP contribution in [0.2, 0.25) is 0 Å². The van der Waals surface area contributed by atoms with Crippen molar-refractivity contribution < 1.29 is 14.3 Å². The number of hydrogen-bond donors (Lipinski definition) is 0. The third-order valence-electron chi connectivity index (χ3n) is 7.31. The van der Waals surface area contributed by atoms with Crippen LogP contribution >= 0.6 is 0 Å². The molecule has 1 aliphatic rings. The van der Waals surface area contributed by atoms with E-state index < -0.39 is 11.6 Å². The van der Waals surface area contributed by atoms with E-state index in [0.717, 1.165) is 31.2 Å². The van der Waals surface area contributed by atoms with Crippen molar-refractivity contribution in [1.82, 2.24) is 0 Å². The molecular weight excluding hydrogens is 512 g/mol. The first kappa shape index (κ1) is 27.6. The lowest BCUT2D eigenvalue weighted by Gasteiger charge is -2.35. The highest BCUT2D eigenvalue weighted by Gasteiger charge is 2.37. The van der Waals surface area contributed by atoms with Crippen molar-refractivity contribution in [3.63, 3.8) is 0 Å². The molecule has 0 amide bonds. The van der Waals surface area contributed by atoms with Crippen LogP contribution in [0.4, 0.5) is 0 Å². The number of hydrogen-bond acceptors (Lipinski definition) is 3. The number of ether oxygens (including phenoxy) is 2. The fraction of sp³-hybridized carbons (Fsp3) is 0.250. The molecule has 0 radical (unpaired) electrons. The molecule has 0 saturated heterocycles. The molecule has 4 aromatic carbocycles. The summed E-state index contributed by atoms with van der Waals surface area (Å²) in [6.45, 7) is 1.80. The molecule has 1 unspecified atom stereocenters. The Morgan fingerprint density at radius 3 is 1.85 bits per heavy atom. The fourth-order valence-electron chi connectivity index (χ4n) is 5.18. The molecular formula is C36H35O3S+. The summed E-state index contributed by atoms with van der Waals surface area (Å²) < 4.78 is 12.0. The van der Waals surface area contributed by atoms with E-state index >= 15 is 0 Å². The molecule has 0 aromatic heterocycles. The minimum atomic E-state index is -0.847. The fourth-order valence-corrected chi connectivity index (χ4v) is 7.27. The van der Waals surface area contributed by atoms with Gasteiger partial charge in [-0.05, 0) is 86.3 Å². The van der Waals surface area contributed by atoms with E-state index in [1.807, 2.05) is 61.5 Å². The minimum Gasteiger partial charge on any atom is -0.482 e. The van der Waals surface area contributed by atoms with Crippen molar-refractivity contribution in [1.29, 1.82) is 0 Å². The number of benzene rings is 4. The molecule has 3 nitrogen and oxygen atoms in total. The Bertz CT molecular complexity index is 1380. The molecule has 1 saturated carbocycles. The van der Waals surface area contributed by atoms with Crippen LogP contribution in [0.3, 0.4) is 0 Å². The number of carbonyl (C=O) groups excluding carboxylic acids is 1. The first-order valence-corrected chi connectivity index (χ1v) is 15.2. The standard InChI is InChI=1S/C36H35O3S/c1-36(30-16-8-3-9-17-30,27-26-29-14-6-2-7-15-29)39-35(37)28-38-31-22-24-34(25-23-31)40(32-18-10-4-11-19-32)33-20-12-5-13-21-33/h2,4-7,10-15,18-25,30H,3,8-9,16-17,28H2,1H3/q+1. The van der Waals surface area contributed by atoms with E-state index in [-0.39, 0.29) is 23.4 Å². The highest BCUT2D eigenvalue weighted by molar-refractivity contribution is 7.97. The maximum Gasteiger partial charge on any atom is 0.345 e. The predicted octanol–water partition coefficient (Wildman–Crippen LogP) is 8.09. The monoisotopic (exact) mass is 547 g/mol. The van der Waals surface area contributed by atoms with Crippen LogP contribution in [0.5, 0.6) is 5.75 Å². The van der Waals surface area contributed by atoms with Crippen LogP contribution < -0.4 is 4.74 Å². The lowest BCUT2D eigenvalue weighted by molar-refractivity contribution is -0.160. The smallest absolute Gasteiger partial charge is 0.345 e. The van der Waals surface area contributed by atoms with Gasteiger partial charge in [-0.1, -0.05) is 79.8 Å². The largest absolute Gasteiger partial charge is 0.482 e. The number of carbonyl (C=O) groups is 1. The van der Waals surface area contributed by atoms with Crippen LogP contribution in [-0.4, -0.2) is 18.2 Å². The van der Waals surface area contributed by atoms with Gasteiger partial charge in [0.15, 0.2) is 26.9 Å². The van der Waals surface area contributed by atoms with Crippen LogP contribution in [0.15, 0.2) is 130 Å². The van der Waals surface area contributed by atoms with Gasteiger partial charge in [-0.3, -0.25) is 0 Å². The average Bonchev–Trinajstić information content (AvgIpc) is 3.02. The zero-order chi connectivity index (χ0) is 27.6. The molecule has 202 valence electrons. The second-order valence-electron chi connectivity index (χ2n) is 10.2. The van der Waals surface area contributed by atoms with Gasteiger partial charge in [0.1, 0.15) is 5.75 Å². The normalized spacial score (nSPS) is 14.9. The van der Waals surface area contributed by atoms with Gasteiger partial charge in [-0.15, -0.1) is 0 Å². The average molecular weight is 548 g/mol. The SMILES string of the molecule is CC(C#Cc1ccccc1)(OC(=O)COc1ccc([S+](c2ccccc2)c2ccccc2)cc1)C1CCCCC1. The van der Waals surface area contributed by atoms with E-state index in [2.05, 4.69) is 72.5 Å². The molecule has 1 aliphatic carbocycles. The van der Waals surface area contributed by atoms with Gasteiger partial charge < -0.3 is 9.47 Å². The molecule has 0 bridgehead atoms. The van der Waals surface area contributed by atoms with E-state index in [0.29, 0.717) is 5.75 Å². The number of rotatable bonds is 8. The van der Waals surface area contributed by atoms with Gasteiger partial charge >= 0.3 is 5.97 Å². The summed E-state index contributed by atoms with van der Waals surface area (Å²) in [7, 11) is -0.233. The van der Waals surface area contributed by atoms with Gasteiger partial charge in [0.25, 0.3) is 0 Å². The highest BCUT2D eigenvalue weighted by Crippen LogP contribution is 2.35. The third kappa shape index (κ3) is 7.17. The van der Waals surface area contributed by atoms with Crippen LogP contribution in [0, 0.1) is 17.8 Å². The van der Waals surface area contributed by atoms with Gasteiger partial charge in [0.05, 0.1) is 10.9 Å². The quantitative estimate of drug-likeness (QED) is 0.127. The van der Waals surface area contributed by atoms with Crippen LogP contribution in [0.25, 0.3) is 0 Å². The summed E-state index contributed by atoms with van der Waals surface area (Å²) in [4.78, 5) is 16.7. The second-order valence-corrected chi connectivity index (χ2v) is 12.3. The molecule has 1 fully saturated rings. The summed E-state index contributed by atoms with van der Waals surface area (Å²) in [5, 5.41) is 0. The van der Waals surface area contributed by atoms with Gasteiger partial charge in [-0.25, -0.2) is 4.79 Å². The molecule has 0 heterocycles. The topological polar surface area (TPSA) is 35.5 Å². The van der Waals surface area contributed by atoms with E-state index in [1.54, 1.807) is 0 Å². The molecule has 1 atom stereocenters. The molecule has 40 heavy (non-hydrogen) atoms. The lowest BCUT2D eigenvalue weighted by atomic mass is 9.78. The van der Waals surface area contributed by atoms with E-state index in [4.69, 9.17) is 9.47 Å².